The van der Waals surface area contributed by atoms with Crippen molar-refractivity contribution in [2.45, 2.75) is 55.7 Å². The van der Waals surface area contributed by atoms with E-state index in [-0.39, 0.29) is 54.0 Å². The maximum absolute atomic E-state index is 16.9. The minimum absolute atomic E-state index is 0.00644. The molecule has 0 unspecified atom stereocenters. The highest BCUT2D eigenvalue weighted by molar-refractivity contribution is 6.04. The molecule has 3 aliphatic heterocycles. The van der Waals surface area contributed by atoms with Crippen LogP contribution in [0.4, 0.5) is 37.8 Å². The second-order valence-electron chi connectivity index (χ2n) is 12.4. The van der Waals surface area contributed by atoms with Crippen molar-refractivity contribution >= 4 is 33.2 Å². The number of fused-ring (bicyclic) bond motifs is 4. The van der Waals surface area contributed by atoms with Crippen LogP contribution in [0.15, 0.2) is 18.3 Å². The topological polar surface area (TPSA) is 89.6 Å². The summed E-state index contributed by atoms with van der Waals surface area (Å²) in [5.74, 6) is -4.24. The van der Waals surface area contributed by atoms with Crippen molar-refractivity contribution in [2.75, 3.05) is 43.4 Å². The molecule has 8 rings (SSSR count). The van der Waals surface area contributed by atoms with Crippen LogP contribution < -0.4 is 15.4 Å². The number of anilines is 2. The zero-order chi connectivity index (χ0) is 34.6. The molecule has 3 saturated heterocycles. The van der Waals surface area contributed by atoms with Gasteiger partial charge >= 0.3 is 6.01 Å². The van der Waals surface area contributed by atoms with E-state index in [0.717, 1.165) is 6.07 Å². The molecule has 4 aromatic rings. The molecule has 0 radical (unpaired) electrons. The number of aromatic nitrogens is 3. The molecule has 244 valence electrons. The maximum Gasteiger partial charge on any atom is 0.319 e. The highest BCUT2D eigenvalue weighted by atomic mass is 19.2. The van der Waals surface area contributed by atoms with Crippen LogP contribution in [0.25, 0.3) is 32.9 Å². The summed E-state index contributed by atoms with van der Waals surface area (Å²) in [4.78, 5) is 16.2. The summed E-state index contributed by atoms with van der Waals surface area (Å²) in [5, 5.41) is -0.882. The molecule has 2 N–H and O–H groups in total. The predicted molar refractivity (Wildman–Crippen MR) is 161 cm³/mol. The molecule has 0 spiro atoms. The first-order valence-electron chi connectivity index (χ1n) is 16.2. The van der Waals surface area contributed by atoms with Gasteiger partial charge in [0.2, 0.25) is 0 Å². The third-order valence-electron chi connectivity index (χ3n) is 9.55. The summed E-state index contributed by atoms with van der Waals surface area (Å²) in [7, 11) is 0. The van der Waals surface area contributed by atoms with E-state index < -0.39 is 88.0 Å². The van der Waals surface area contributed by atoms with Crippen molar-refractivity contribution in [2.24, 2.45) is 0 Å². The molecule has 4 aliphatic rings. The van der Waals surface area contributed by atoms with Gasteiger partial charge in [0.25, 0.3) is 0 Å². The molecule has 2 aromatic heterocycles. The lowest BCUT2D eigenvalue weighted by atomic mass is 9.94. The number of nitrogen functional groups attached to an aromatic ring is 1. The standard InChI is InChI=1S/C33H28F6N6O2/c1-2-17-21-18(23(36)24(37)22(17)35)9-16(40)10-19(21)27-25(38)28-20(12-41-27)31(45-7-4-8-46-30-26(39)29(30)45)43-32(42-28)47-14-33-5-3-6-44(33)13-15(34)11-33/h1,9-10,12,15,26,29-30H,3-8,11,13-14,40H2/t15-,26-,29-,30+,33+/m1/s1/i14D2. The summed E-state index contributed by atoms with van der Waals surface area (Å²) in [6.07, 6.45) is 4.49. The molecular formula is C33H28F6N6O2. The lowest BCUT2D eigenvalue weighted by molar-refractivity contribution is 0.105. The van der Waals surface area contributed by atoms with Crippen molar-refractivity contribution in [3.05, 3.63) is 47.2 Å². The smallest absolute Gasteiger partial charge is 0.319 e. The Morgan fingerprint density at radius 1 is 1.09 bits per heavy atom. The largest absolute Gasteiger partial charge is 0.461 e. The van der Waals surface area contributed by atoms with Crippen LogP contribution in [0.5, 0.6) is 6.01 Å². The number of terminal acetylenes is 1. The Morgan fingerprint density at radius 3 is 2.72 bits per heavy atom. The van der Waals surface area contributed by atoms with Gasteiger partial charge in [-0.2, -0.15) is 9.97 Å². The molecule has 8 nitrogen and oxygen atoms in total. The zero-order valence-electron chi connectivity index (χ0n) is 26.7. The normalized spacial score (nSPS) is 28.1. The van der Waals surface area contributed by atoms with E-state index in [1.165, 1.54) is 12.3 Å². The van der Waals surface area contributed by atoms with Crippen molar-refractivity contribution in [1.29, 1.82) is 0 Å². The molecule has 4 fully saturated rings. The van der Waals surface area contributed by atoms with E-state index >= 15 is 8.78 Å². The first-order chi connectivity index (χ1) is 23.4. The van der Waals surface area contributed by atoms with Crippen LogP contribution >= 0.6 is 0 Å². The number of pyridine rings is 1. The van der Waals surface area contributed by atoms with Crippen LogP contribution in [-0.4, -0.2) is 82.7 Å². The lowest BCUT2D eigenvalue weighted by Gasteiger charge is -2.31. The molecular weight excluding hydrogens is 626 g/mol. The monoisotopic (exact) mass is 656 g/mol. The van der Waals surface area contributed by atoms with Crippen LogP contribution in [0.3, 0.4) is 0 Å². The fraction of sp³-hybridized carbons (Fsp3) is 0.424. The van der Waals surface area contributed by atoms with Crippen molar-refractivity contribution in [3.63, 3.8) is 0 Å². The number of nitrogens with zero attached hydrogens (tertiary/aromatic N) is 5. The molecule has 2 aromatic carbocycles. The highest BCUT2D eigenvalue weighted by Crippen LogP contribution is 2.44. The average molecular weight is 657 g/mol. The van der Waals surface area contributed by atoms with E-state index in [9.17, 15) is 17.6 Å². The van der Waals surface area contributed by atoms with Crippen LogP contribution in [0.2, 0.25) is 0 Å². The number of alkyl halides is 2. The van der Waals surface area contributed by atoms with Crippen LogP contribution in [0, 0.1) is 35.6 Å². The second-order valence-corrected chi connectivity index (χ2v) is 12.4. The van der Waals surface area contributed by atoms with Gasteiger partial charge in [-0.1, -0.05) is 5.92 Å². The van der Waals surface area contributed by atoms with Crippen LogP contribution in [-0.2, 0) is 4.74 Å². The van der Waals surface area contributed by atoms with E-state index in [1.807, 2.05) is 5.92 Å². The van der Waals surface area contributed by atoms with Crippen LogP contribution in [0.1, 0.15) is 34.0 Å². The maximum atomic E-state index is 16.9. The Labute approximate surface area is 267 Å². The lowest BCUT2D eigenvalue weighted by Crippen LogP contribution is -2.43. The van der Waals surface area contributed by atoms with Crippen molar-refractivity contribution < 1.29 is 38.6 Å². The highest BCUT2D eigenvalue weighted by Gasteiger charge is 2.58. The number of nitrogens with two attached hydrogens (primary N) is 1. The Morgan fingerprint density at radius 2 is 1.91 bits per heavy atom. The van der Waals surface area contributed by atoms with Gasteiger partial charge < -0.3 is 20.1 Å². The minimum atomic E-state index is -2.54. The summed E-state index contributed by atoms with van der Waals surface area (Å²) < 4.78 is 120. The molecule has 5 heterocycles. The summed E-state index contributed by atoms with van der Waals surface area (Å²) in [6.45, 7) is -1.55. The molecule has 1 aliphatic carbocycles. The van der Waals surface area contributed by atoms with E-state index in [0.29, 0.717) is 25.8 Å². The van der Waals surface area contributed by atoms with Gasteiger partial charge in [-0.25, -0.2) is 26.3 Å². The predicted octanol–water partition coefficient (Wildman–Crippen LogP) is 5.24. The summed E-state index contributed by atoms with van der Waals surface area (Å²) >= 11 is 0. The first kappa shape index (κ1) is 27.7. The molecule has 47 heavy (non-hydrogen) atoms. The quantitative estimate of drug-likeness (QED) is 0.135. The first-order valence-corrected chi connectivity index (χ1v) is 15.2. The third-order valence-corrected chi connectivity index (χ3v) is 9.55. The summed E-state index contributed by atoms with van der Waals surface area (Å²) in [6, 6.07) is 0.815. The molecule has 1 saturated carbocycles. The number of ether oxygens (including phenoxy) is 2. The molecule has 0 amide bonds. The van der Waals surface area contributed by atoms with Gasteiger partial charge in [-0.15, -0.1) is 6.42 Å². The number of rotatable bonds is 5. The number of hydrogen-bond donors (Lipinski definition) is 1. The fourth-order valence-electron chi connectivity index (χ4n) is 7.36. The van der Waals surface area contributed by atoms with E-state index in [2.05, 4.69) is 15.0 Å². The van der Waals surface area contributed by atoms with Gasteiger partial charge in [0.05, 0.1) is 25.3 Å². The third kappa shape index (κ3) is 4.57. The van der Waals surface area contributed by atoms with Gasteiger partial charge in [0, 0.05) is 54.3 Å². The average Bonchev–Trinajstić information content (AvgIpc) is 3.42. The Kier molecular flexibility index (Phi) is 6.40. The fourth-order valence-corrected chi connectivity index (χ4v) is 7.36. The molecule has 0 bridgehead atoms. The Bertz CT molecular complexity index is 2100. The number of benzene rings is 2. The van der Waals surface area contributed by atoms with Gasteiger partial charge in [-0.3, -0.25) is 9.88 Å². The van der Waals surface area contributed by atoms with Gasteiger partial charge in [0.15, 0.2) is 29.4 Å². The Balaban J connectivity index is 1.34. The molecule has 14 heteroatoms. The number of halogens is 6. The summed E-state index contributed by atoms with van der Waals surface area (Å²) in [5.41, 5.74) is 2.59. The number of hydrogen-bond acceptors (Lipinski definition) is 8. The molecule has 5 atom stereocenters. The second kappa shape index (κ2) is 10.8. The SMILES string of the molecule is [2H]C([2H])(Oc1nc(N2CCCO[C@H]3[C@H](F)[C@H]32)c2cnc(-c3cc(N)cc4c(F)c(F)c(F)c(C#C)c34)c(F)c2n1)[C@@]12CCCN1C[C@H](F)C2. The van der Waals surface area contributed by atoms with Gasteiger partial charge in [0.1, 0.15) is 35.9 Å². The van der Waals surface area contributed by atoms with E-state index in [1.54, 1.807) is 9.80 Å². The van der Waals surface area contributed by atoms with Gasteiger partial charge in [-0.05, 0) is 37.9 Å². The van der Waals surface area contributed by atoms with E-state index in [4.69, 9.17) is 24.4 Å². The minimum Gasteiger partial charge on any atom is -0.461 e. The zero-order valence-corrected chi connectivity index (χ0v) is 24.7. The van der Waals surface area contributed by atoms with Crippen molar-refractivity contribution in [3.8, 4) is 29.6 Å². The Hall–Kier alpha value is -4.35. The van der Waals surface area contributed by atoms with Crippen molar-refractivity contribution in [1.82, 2.24) is 19.9 Å².